The van der Waals surface area contributed by atoms with Gasteiger partial charge in [-0.3, -0.25) is 0 Å². The largest absolute Gasteiger partial charge is 0.489 e. The van der Waals surface area contributed by atoms with Crippen LogP contribution in [0, 0.1) is 0 Å². The molecule has 1 heterocycles. The second kappa shape index (κ2) is 4.41. The third kappa shape index (κ3) is 2.11. The van der Waals surface area contributed by atoms with E-state index in [1.807, 2.05) is 19.2 Å². The number of hydrogen-bond acceptors (Lipinski definition) is 3. The van der Waals surface area contributed by atoms with Crippen molar-refractivity contribution in [1.82, 2.24) is 5.32 Å². The van der Waals surface area contributed by atoms with Crippen LogP contribution in [0.4, 0.5) is 5.69 Å². The lowest BCUT2D eigenvalue weighted by Gasteiger charge is -2.35. The molecule has 0 fully saturated rings. The Hall–Kier alpha value is -0.740. The number of anilines is 1. The minimum absolute atomic E-state index is 0.400. The van der Waals surface area contributed by atoms with Crippen LogP contribution in [-0.4, -0.2) is 33.3 Å². The fraction of sp³-hybridized carbons (Fsp3) is 0.455. The molecule has 0 aliphatic carbocycles. The van der Waals surface area contributed by atoms with Crippen molar-refractivity contribution in [2.45, 2.75) is 6.04 Å². The lowest BCUT2D eigenvalue weighted by atomic mass is 10.1. The third-order valence-corrected chi connectivity index (χ3v) is 3.21. The molecule has 1 atom stereocenters. The second-order valence-corrected chi connectivity index (χ2v) is 4.66. The molecule has 0 bridgehead atoms. The van der Waals surface area contributed by atoms with Gasteiger partial charge in [0.1, 0.15) is 12.4 Å². The highest BCUT2D eigenvalue weighted by atomic mass is 79.9. The number of nitrogens with zero attached hydrogens (tertiary/aromatic N) is 1. The molecule has 0 saturated carbocycles. The zero-order chi connectivity index (χ0) is 10.8. The quantitative estimate of drug-likeness (QED) is 0.888. The smallest absolute Gasteiger partial charge is 0.142 e. The Morgan fingerprint density at radius 2 is 2.40 bits per heavy atom. The molecular formula is C11H15BrN2O. The molecule has 1 aliphatic heterocycles. The first-order valence-corrected chi connectivity index (χ1v) is 5.81. The SMILES string of the molecule is CNCC1COc2ccc(Br)cc2N1C. The van der Waals surface area contributed by atoms with E-state index >= 15 is 0 Å². The fourth-order valence-corrected chi connectivity index (χ4v) is 2.16. The van der Waals surface area contributed by atoms with Crippen molar-refractivity contribution >= 4 is 21.6 Å². The number of nitrogens with one attached hydrogen (secondary N) is 1. The van der Waals surface area contributed by atoms with Gasteiger partial charge in [0.2, 0.25) is 0 Å². The van der Waals surface area contributed by atoms with Gasteiger partial charge in [0.05, 0.1) is 11.7 Å². The first-order chi connectivity index (χ1) is 7.22. The van der Waals surface area contributed by atoms with Crippen LogP contribution in [0.3, 0.4) is 0 Å². The molecule has 0 amide bonds. The van der Waals surface area contributed by atoms with Gasteiger partial charge in [-0.2, -0.15) is 0 Å². The van der Waals surface area contributed by atoms with Gasteiger partial charge in [-0.1, -0.05) is 15.9 Å². The highest BCUT2D eigenvalue weighted by Gasteiger charge is 2.23. The van der Waals surface area contributed by atoms with Crippen molar-refractivity contribution in [2.75, 3.05) is 32.1 Å². The Morgan fingerprint density at radius 1 is 1.60 bits per heavy atom. The number of benzene rings is 1. The van der Waals surface area contributed by atoms with E-state index in [4.69, 9.17) is 4.74 Å². The summed E-state index contributed by atoms with van der Waals surface area (Å²) in [6.07, 6.45) is 0. The molecule has 1 aromatic carbocycles. The van der Waals surface area contributed by atoms with E-state index in [1.54, 1.807) is 0 Å². The topological polar surface area (TPSA) is 24.5 Å². The molecule has 0 spiro atoms. The van der Waals surface area contributed by atoms with Crippen molar-refractivity contribution in [3.05, 3.63) is 22.7 Å². The summed E-state index contributed by atoms with van der Waals surface area (Å²) in [5.74, 6) is 0.966. The van der Waals surface area contributed by atoms with Crippen LogP contribution in [-0.2, 0) is 0 Å². The molecule has 3 nitrogen and oxygen atoms in total. The molecule has 1 aliphatic rings. The molecule has 0 saturated heterocycles. The van der Waals surface area contributed by atoms with Gasteiger partial charge in [-0.15, -0.1) is 0 Å². The second-order valence-electron chi connectivity index (χ2n) is 3.75. The molecule has 1 N–H and O–H groups in total. The summed E-state index contributed by atoms with van der Waals surface area (Å²) < 4.78 is 6.80. The molecule has 82 valence electrons. The van der Waals surface area contributed by atoms with Gasteiger partial charge in [0, 0.05) is 18.1 Å². The number of likely N-dealkylation sites (N-methyl/N-ethyl adjacent to an activating group) is 2. The Balaban J connectivity index is 2.28. The fourth-order valence-electron chi connectivity index (χ4n) is 1.81. The molecule has 0 radical (unpaired) electrons. The molecule has 0 aromatic heterocycles. The Kier molecular flexibility index (Phi) is 3.17. The summed E-state index contributed by atoms with van der Waals surface area (Å²) in [6, 6.07) is 6.50. The summed E-state index contributed by atoms with van der Waals surface area (Å²) in [5, 5.41) is 3.18. The first kappa shape index (κ1) is 10.8. The van der Waals surface area contributed by atoms with Crippen molar-refractivity contribution in [1.29, 1.82) is 0 Å². The van der Waals surface area contributed by atoms with Crippen LogP contribution in [0.5, 0.6) is 5.75 Å². The van der Waals surface area contributed by atoms with Gasteiger partial charge in [0.25, 0.3) is 0 Å². The normalized spacial score (nSPS) is 19.7. The summed E-state index contributed by atoms with van der Waals surface area (Å²) in [6.45, 7) is 1.68. The Morgan fingerprint density at radius 3 is 3.13 bits per heavy atom. The summed E-state index contributed by atoms with van der Waals surface area (Å²) >= 11 is 3.48. The van der Waals surface area contributed by atoms with Crippen molar-refractivity contribution in [3.63, 3.8) is 0 Å². The Bertz CT molecular complexity index is 356. The minimum atomic E-state index is 0.400. The predicted octanol–water partition coefficient (Wildman–Crippen LogP) is 1.87. The molecule has 1 unspecified atom stereocenters. The molecule has 4 heteroatoms. The average molecular weight is 271 g/mol. The van der Waals surface area contributed by atoms with Gasteiger partial charge in [0.15, 0.2) is 0 Å². The van der Waals surface area contributed by atoms with Crippen molar-refractivity contribution in [3.8, 4) is 5.75 Å². The van der Waals surface area contributed by atoms with Gasteiger partial charge < -0.3 is 15.0 Å². The number of ether oxygens (including phenoxy) is 1. The molecule has 15 heavy (non-hydrogen) atoms. The summed E-state index contributed by atoms with van der Waals surface area (Å²) in [5.41, 5.74) is 1.15. The number of fused-ring (bicyclic) bond motifs is 1. The van der Waals surface area contributed by atoms with E-state index < -0.39 is 0 Å². The Labute approximate surface area is 98.5 Å². The van der Waals surface area contributed by atoms with Crippen LogP contribution < -0.4 is 15.0 Å². The lowest BCUT2D eigenvalue weighted by molar-refractivity contribution is 0.264. The standard InChI is InChI=1S/C11H15BrN2O/c1-13-6-9-7-15-11-4-3-8(12)5-10(11)14(9)2/h3-5,9,13H,6-7H2,1-2H3. The van der Waals surface area contributed by atoms with Crippen molar-refractivity contribution in [2.24, 2.45) is 0 Å². The summed E-state index contributed by atoms with van der Waals surface area (Å²) in [7, 11) is 4.07. The van der Waals surface area contributed by atoms with E-state index in [2.05, 4.69) is 39.3 Å². The summed E-state index contributed by atoms with van der Waals surface area (Å²) in [4.78, 5) is 2.26. The maximum atomic E-state index is 5.71. The lowest BCUT2D eigenvalue weighted by Crippen LogP contribution is -2.46. The van der Waals surface area contributed by atoms with E-state index in [-0.39, 0.29) is 0 Å². The van der Waals surface area contributed by atoms with Crippen molar-refractivity contribution < 1.29 is 4.74 Å². The van der Waals surface area contributed by atoms with Crippen LogP contribution in [0.2, 0.25) is 0 Å². The van der Waals surface area contributed by atoms with Crippen LogP contribution in [0.15, 0.2) is 22.7 Å². The highest BCUT2D eigenvalue weighted by Crippen LogP contribution is 2.34. The zero-order valence-corrected chi connectivity index (χ0v) is 10.5. The van der Waals surface area contributed by atoms with Gasteiger partial charge in [-0.25, -0.2) is 0 Å². The number of rotatable bonds is 2. The zero-order valence-electron chi connectivity index (χ0n) is 8.96. The average Bonchev–Trinajstić information content (AvgIpc) is 2.23. The number of hydrogen-bond donors (Lipinski definition) is 1. The van der Waals surface area contributed by atoms with E-state index in [9.17, 15) is 0 Å². The first-order valence-electron chi connectivity index (χ1n) is 5.02. The van der Waals surface area contributed by atoms with Gasteiger partial charge >= 0.3 is 0 Å². The molecule has 2 rings (SSSR count). The maximum Gasteiger partial charge on any atom is 0.142 e. The minimum Gasteiger partial charge on any atom is -0.489 e. The van der Waals surface area contributed by atoms with Crippen LogP contribution in [0.1, 0.15) is 0 Å². The predicted molar refractivity (Wildman–Crippen MR) is 65.8 cm³/mol. The molecular weight excluding hydrogens is 256 g/mol. The third-order valence-electron chi connectivity index (χ3n) is 2.72. The number of halogens is 1. The van der Waals surface area contributed by atoms with Crippen LogP contribution in [0.25, 0.3) is 0 Å². The van der Waals surface area contributed by atoms with E-state index in [1.165, 1.54) is 0 Å². The van der Waals surface area contributed by atoms with E-state index in [0.29, 0.717) is 6.04 Å². The monoisotopic (exact) mass is 270 g/mol. The van der Waals surface area contributed by atoms with Gasteiger partial charge in [-0.05, 0) is 25.2 Å². The maximum absolute atomic E-state index is 5.71. The van der Waals surface area contributed by atoms with E-state index in [0.717, 1.165) is 29.1 Å². The van der Waals surface area contributed by atoms with Crippen LogP contribution >= 0.6 is 15.9 Å². The molecule has 1 aromatic rings. The highest BCUT2D eigenvalue weighted by molar-refractivity contribution is 9.10.